The summed E-state index contributed by atoms with van der Waals surface area (Å²) in [6.07, 6.45) is 1.89. The van der Waals surface area contributed by atoms with Crippen molar-refractivity contribution in [2.75, 3.05) is 38.6 Å². The minimum absolute atomic E-state index is 0.0126. The van der Waals surface area contributed by atoms with Crippen LogP contribution in [0.1, 0.15) is 17.7 Å². The van der Waals surface area contributed by atoms with Crippen LogP contribution >= 0.6 is 0 Å². The Balaban J connectivity index is 1.65. The number of aryl methyl sites for hydroxylation is 1. The first-order valence-corrected chi connectivity index (χ1v) is 8.03. The first-order valence-electron chi connectivity index (χ1n) is 8.03. The van der Waals surface area contributed by atoms with Crippen molar-refractivity contribution in [1.29, 1.82) is 5.26 Å². The first-order chi connectivity index (χ1) is 11.4. The second kappa shape index (κ2) is 6.11. The summed E-state index contributed by atoms with van der Waals surface area (Å²) in [6, 6.07) is 4.18. The number of hydrogen-bond acceptors (Lipinski definition) is 5. The van der Waals surface area contributed by atoms with Gasteiger partial charge in [-0.25, -0.2) is 0 Å². The molecule has 0 spiro atoms. The monoisotopic (exact) mass is 327 g/mol. The van der Waals surface area contributed by atoms with E-state index in [4.69, 9.17) is 0 Å². The summed E-state index contributed by atoms with van der Waals surface area (Å²) in [5.74, 6) is -0.177. The Labute approximate surface area is 141 Å². The van der Waals surface area contributed by atoms with Crippen molar-refractivity contribution in [3.8, 4) is 6.07 Å². The van der Waals surface area contributed by atoms with Crippen LogP contribution in [0.25, 0.3) is 0 Å². The number of carbonyl (C=O) groups is 2. The maximum Gasteiger partial charge on any atom is 0.227 e. The number of rotatable bonds is 3. The summed E-state index contributed by atoms with van der Waals surface area (Å²) in [5, 5.41) is 9.22. The van der Waals surface area contributed by atoms with E-state index in [0.29, 0.717) is 31.6 Å². The average Bonchev–Trinajstić information content (AvgIpc) is 2.87. The lowest BCUT2D eigenvalue weighted by molar-refractivity contribution is -0.133. The largest absolute Gasteiger partial charge is 0.366 e. The third kappa shape index (κ3) is 2.80. The van der Waals surface area contributed by atoms with Gasteiger partial charge < -0.3 is 14.7 Å². The van der Waals surface area contributed by atoms with Gasteiger partial charge in [-0.05, 0) is 13.0 Å². The fourth-order valence-corrected chi connectivity index (χ4v) is 3.36. The van der Waals surface area contributed by atoms with Gasteiger partial charge in [0.15, 0.2) is 0 Å². The van der Waals surface area contributed by atoms with Crippen LogP contribution in [0.15, 0.2) is 12.3 Å². The summed E-state index contributed by atoms with van der Waals surface area (Å²) in [7, 11) is 3.44. The molecule has 0 aliphatic carbocycles. The van der Waals surface area contributed by atoms with Crippen molar-refractivity contribution in [3.05, 3.63) is 23.5 Å². The molecule has 7 heteroatoms. The topological polar surface area (TPSA) is 80.5 Å². The lowest BCUT2D eigenvalue weighted by Crippen LogP contribution is -2.60. The number of aromatic nitrogens is 1. The van der Waals surface area contributed by atoms with Crippen LogP contribution in [-0.4, -0.2) is 66.4 Å². The zero-order valence-electron chi connectivity index (χ0n) is 14.2. The van der Waals surface area contributed by atoms with E-state index in [1.807, 2.05) is 17.9 Å². The summed E-state index contributed by atoms with van der Waals surface area (Å²) in [4.78, 5) is 33.9. The second-order valence-electron chi connectivity index (χ2n) is 6.69. The Morgan fingerprint density at radius 2 is 2.08 bits per heavy atom. The number of nitrogens with zero attached hydrogens (tertiary/aromatic N) is 5. The minimum Gasteiger partial charge on any atom is -0.366 e. The number of nitriles is 1. The highest BCUT2D eigenvalue weighted by molar-refractivity contribution is 5.89. The van der Waals surface area contributed by atoms with Crippen LogP contribution in [0.5, 0.6) is 0 Å². The van der Waals surface area contributed by atoms with Crippen molar-refractivity contribution in [1.82, 2.24) is 14.8 Å². The highest BCUT2D eigenvalue weighted by atomic mass is 16.2. The van der Waals surface area contributed by atoms with Crippen molar-refractivity contribution in [2.45, 2.75) is 19.4 Å². The van der Waals surface area contributed by atoms with Gasteiger partial charge in [-0.3, -0.25) is 14.6 Å². The van der Waals surface area contributed by atoms with Crippen LogP contribution in [-0.2, 0) is 9.59 Å². The van der Waals surface area contributed by atoms with Crippen molar-refractivity contribution in [2.24, 2.45) is 5.92 Å². The molecule has 2 saturated heterocycles. The van der Waals surface area contributed by atoms with Gasteiger partial charge in [0.25, 0.3) is 0 Å². The van der Waals surface area contributed by atoms with E-state index in [9.17, 15) is 14.9 Å². The molecule has 0 aromatic carbocycles. The normalized spacial score (nSPS) is 20.8. The van der Waals surface area contributed by atoms with Gasteiger partial charge in [-0.15, -0.1) is 0 Å². The van der Waals surface area contributed by atoms with Gasteiger partial charge in [0.1, 0.15) is 6.07 Å². The number of amides is 2. The Morgan fingerprint density at radius 3 is 2.71 bits per heavy atom. The van der Waals surface area contributed by atoms with Crippen LogP contribution < -0.4 is 4.90 Å². The summed E-state index contributed by atoms with van der Waals surface area (Å²) in [6.45, 7) is 3.76. The number of carbonyl (C=O) groups excluding carboxylic acids is 2. The maximum atomic E-state index is 12.2. The zero-order chi connectivity index (χ0) is 17.4. The molecule has 3 heterocycles. The fraction of sp³-hybridized carbons (Fsp3) is 0.529. The lowest BCUT2D eigenvalue weighted by atomic mass is 10.0. The standard InChI is InChI=1S/C17H21N5O2/c1-11-4-15(13(6-18)7-19-11)21-9-14(10-21)22-8-12(5-16(22)23)17(24)20(2)3/h4,7,12,14H,5,8-10H2,1-3H3. The predicted octanol–water partition coefficient (Wildman–Crippen LogP) is 0.387. The molecule has 2 fully saturated rings. The van der Waals surface area contributed by atoms with E-state index in [2.05, 4.69) is 16.0 Å². The predicted molar refractivity (Wildman–Crippen MR) is 88.2 cm³/mol. The van der Waals surface area contributed by atoms with E-state index in [-0.39, 0.29) is 23.8 Å². The molecule has 3 rings (SSSR count). The van der Waals surface area contributed by atoms with Gasteiger partial charge in [-0.2, -0.15) is 5.26 Å². The fourth-order valence-electron chi connectivity index (χ4n) is 3.36. The molecule has 2 aliphatic rings. The van der Waals surface area contributed by atoms with Crippen molar-refractivity contribution in [3.63, 3.8) is 0 Å². The molecule has 0 saturated carbocycles. The number of anilines is 1. The van der Waals surface area contributed by atoms with Gasteiger partial charge in [0.2, 0.25) is 11.8 Å². The molecule has 2 amide bonds. The molecule has 2 aliphatic heterocycles. The molecule has 1 aromatic rings. The highest BCUT2D eigenvalue weighted by Gasteiger charge is 2.42. The third-order valence-corrected chi connectivity index (χ3v) is 4.73. The van der Waals surface area contributed by atoms with Crippen LogP contribution in [0.2, 0.25) is 0 Å². The lowest BCUT2D eigenvalue weighted by Gasteiger charge is -2.45. The van der Waals surface area contributed by atoms with Crippen LogP contribution in [0, 0.1) is 24.2 Å². The molecule has 0 N–H and O–H groups in total. The Hall–Kier alpha value is -2.62. The number of hydrogen-bond donors (Lipinski definition) is 0. The number of likely N-dealkylation sites (tertiary alicyclic amines) is 1. The smallest absolute Gasteiger partial charge is 0.227 e. The molecule has 0 radical (unpaired) electrons. The van der Waals surface area contributed by atoms with Crippen LogP contribution in [0.4, 0.5) is 5.69 Å². The van der Waals surface area contributed by atoms with Gasteiger partial charge in [0.05, 0.1) is 23.2 Å². The molecule has 1 unspecified atom stereocenters. The number of pyridine rings is 1. The van der Waals surface area contributed by atoms with Crippen molar-refractivity contribution >= 4 is 17.5 Å². The molecular weight excluding hydrogens is 306 g/mol. The molecule has 1 atom stereocenters. The van der Waals surface area contributed by atoms with Crippen molar-refractivity contribution < 1.29 is 9.59 Å². The average molecular weight is 327 g/mol. The minimum atomic E-state index is -0.237. The van der Waals surface area contributed by atoms with E-state index >= 15 is 0 Å². The SMILES string of the molecule is Cc1cc(N2CC(N3CC(C(=O)N(C)C)CC3=O)C2)c(C#N)cn1. The summed E-state index contributed by atoms with van der Waals surface area (Å²) < 4.78 is 0. The van der Waals surface area contributed by atoms with Gasteiger partial charge in [-0.1, -0.05) is 0 Å². The molecule has 1 aromatic heterocycles. The van der Waals surface area contributed by atoms with Gasteiger partial charge >= 0.3 is 0 Å². The van der Waals surface area contributed by atoms with Crippen LogP contribution in [0.3, 0.4) is 0 Å². The van der Waals surface area contributed by atoms with E-state index in [1.165, 1.54) is 0 Å². The van der Waals surface area contributed by atoms with E-state index in [0.717, 1.165) is 11.4 Å². The maximum absolute atomic E-state index is 12.2. The quantitative estimate of drug-likeness (QED) is 0.802. The Bertz CT molecular complexity index is 718. The summed E-state index contributed by atoms with van der Waals surface area (Å²) >= 11 is 0. The zero-order valence-corrected chi connectivity index (χ0v) is 14.2. The third-order valence-electron chi connectivity index (χ3n) is 4.73. The first kappa shape index (κ1) is 16.2. The molecule has 24 heavy (non-hydrogen) atoms. The molecule has 126 valence electrons. The van der Waals surface area contributed by atoms with Gasteiger partial charge in [0, 0.05) is 52.0 Å². The highest BCUT2D eigenvalue weighted by Crippen LogP contribution is 2.30. The molecule has 0 bridgehead atoms. The molecular formula is C17H21N5O2. The Kier molecular flexibility index (Phi) is 4.14. The van der Waals surface area contributed by atoms with E-state index < -0.39 is 0 Å². The van der Waals surface area contributed by atoms with E-state index in [1.54, 1.807) is 25.2 Å². The Morgan fingerprint density at radius 1 is 1.38 bits per heavy atom. The molecule has 7 nitrogen and oxygen atoms in total. The second-order valence-corrected chi connectivity index (χ2v) is 6.69. The summed E-state index contributed by atoms with van der Waals surface area (Å²) in [5.41, 5.74) is 2.28.